The molecule has 7 heteroatoms. The van der Waals surface area contributed by atoms with Crippen molar-refractivity contribution in [2.45, 2.75) is 25.4 Å². The SMILES string of the molecule is O=C(N1CCCC2CC2(C(=O)O)C1)C(F)(F)F. The molecule has 1 aliphatic carbocycles. The van der Waals surface area contributed by atoms with Crippen LogP contribution in [-0.4, -0.2) is 41.1 Å². The molecule has 1 saturated heterocycles. The number of halogens is 3. The first-order valence-electron chi connectivity index (χ1n) is 5.37. The van der Waals surface area contributed by atoms with Gasteiger partial charge in [-0.15, -0.1) is 0 Å². The molecular formula is C10H12F3NO3. The van der Waals surface area contributed by atoms with Crippen molar-refractivity contribution < 1.29 is 27.9 Å². The van der Waals surface area contributed by atoms with E-state index in [4.69, 9.17) is 5.11 Å². The van der Waals surface area contributed by atoms with Gasteiger partial charge in [0.05, 0.1) is 5.41 Å². The Balaban J connectivity index is 2.15. The lowest BCUT2D eigenvalue weighted by Crippen LogP contribution is -2.45. The van der Waals surface area contributed by atoms with Gasteiger partial charge in [-0.25, -0.2) is 0 Å². The Hall–Kier alpha value is -1.27. The van der Waals surface area contributed by atoms with Gasteiger partial charge >= 0.3 is 18.1 Å². The average molecular weight is 251 g/mol. The Bertz CT molecular complexity index is 368. The maximum Gasteiger partial charge on any atom is 0.471 e. The molecule has 1 N–H and O–H groups in total. The molecule has 2 unspecified atom stereocenters. The molecule has 1 saturated carbocycles. The number of likely N-dealkylation sites (tertiary alicyclic amines) is 1. The molecule has 0 aromatic rings. The molecule has 1 amide bonds. The first kappa shape index (κ1) is 12.2. The first-order valence-corrected chi connectivity index (χ1v) is 5.37. The zero-order valence-corrected chi connectivity index (χ0v) is 8.96. The quantitative estimate of drug-likeness (QED) is 0.763. The van der Waals surface area contributed by atoms with Gasteiger partial charge in [-0.2, -0.15) is 13.2 Å². The Morgan fingerprint density at radius 2 is 2.00 bits per heavy atom. The molecule has 0 bridgehead atoms. The summed E-state index contributed by atoms with van der Waals surface area (Å²) in [5.41, 5.74) is -1.13. The van der Waals surface area contributed by atoms with E-state index in [0.29, 0.717) is 24.2 Å². The van der Waals surface area contributed by atoms with E-state index in [1.165, 1.54) is 0 Å². The number of hydrogen-bond acceptors (Lipinski definition) is 2. The highest BCUT2D eigenvalue weighted by molar-refractivity contribution is 5.84. The Labute approximate surface area is 95.4 Å². The highest BCUT2D eigenvalue weighted by Gasteiger charge is 2.62. The van der Waals surface area contributed by atoms with Crippen LogP contribution in [0.1, 0.15) is 19.3 Å². The predicted molar refractivity (Wildman–Crippen MR) is 50.0 cm³/mol. The summed E-state index contributed by atoms with van der Waals surface area (Å²) in [7, 11) is 0. The highest BCUT2D eigenvalue weighted by atomic mass is 19.4. The van der Waals surface area contributed by atoms with Crippen LogP contribution in [0.15, 0.2) is 0 Å². The van der Waals surface area contributed by atoms with Crippen LogP contribution >= 0.6 is 0 Å². The van der Waals surface area contributed by atoms with E-state index >= 15 is 0 Å². The smallest absolute Gasteiger partial charge is 0.471 e. The summed E-state index contributed by atoms with van der Waals surface area (Å²) < 4.78 is 36.9. The van der Waals surface area contributed by atoms with E-state index in [2.05, 4.69) is 0 Å². The van der Waals surface area contributed by atoms with Crippen molar-refractivity contribution in [1.29, 1.82) is 0 Å². The van der Waals surface area contributed by atoms with Gasteiger partial charge in [0.2, 0.25) is 0 Å². The molecule has 0 aromatic carbocycles. The third-order valence-electron chi connectivity index (χ3n) is 3.64. The van der Waals surface area contributed by atoms with Crippen molar-refractivity contribution in [2.24, 2.45) is 11.3 Å². The van der Waals surface area contributed by atoms with Crippen molar-refractivity contribution in [2.75, 3.05) is 13.1 Å². The number of carbonyl (C=O) groups is 2. The maximum atomic E-state index is 12.3. The molecular weight excluding hydrogens is 239 g/mol. The van der Waals surface area contributed by atoms with Gasteiger partial charge in [0.15, 0.2) is 0 Å². The summed E-state index contributed by atoms with van der Waals surface area (Å²) in [6, 6.07) is 0. The van der Waals surface area contributed by atoms with Gasteiger partial charge in [-0.05, 0) is 25.2 Å². The van der Waals surface area contributed by atoms with Gasteiger partial charge in [-0.3, -0.25) is 9.59 Å². The Kier molecular flexibility index (Phi) is 2.59. The summed E-state index contributed by atoms with van der Waals surface area (Å²) in [5.74, 6) is -3.10. The van der Waals surface area contributed by atoms with Crippen LogP contribution in [0.25, 0.3) is 0 Å². The fourth-order valence-corrected chi connectivity index (χ4v) is 2.58. The summed E-state index contributed by atoms with van der Waals surface area (Å²) in [4.78, 5) is 22.8. The van der Waals surface area contributed by atoms with Gasteiger partial charge in [0, 0.05) is 13.1 Å². The molecule has 17 heavy (non-hydrogen) atoms. The summed E-state index contributed by atoms with van der Waals surface area (Å²) in [5, 5.41) is 9.05. The number of rotatable bonds is 1. The molecule has 4 nitrogen and oxygen atoms in total. The minimum absolute atomic E-state index is 0.0100. The number of aliphatic carboxylic acids is 1. The minimum atomic E-state index is -4.92. The summed E-state index contributed by atoms with van der Waals surface area (Å²) in [6.07, 6.45) is -3.53. The molecule has 1 aliphatic heterocycles. The second-order valence-corrected chi connectivity index (χ2v) is 4.73. The van der Waals surface area contributed by atoms with Crippen molar-refractivity contribution in [3.05, 3.63) is 0 Å². The van der Waals surface area contributed by atoms with Crippen LogP contribution in [-0.2, 0) is 9.59 Å². The number of alkyl halides is 3. The zero-order valence-electron chi connectivity index (χ0n) is 8.96. The number of carboxylic acids is 1. The average Bonchev–Trinajstić information content (AvgIpc) is 2.87. The van der Waals surface area contributed by atoms with Crippen molar-refractivity contribution >= 4 is 11.9 Å². The number of carbonyl (C=O) groups excluding carboxylic acids is 1. The van der Waals surface area contributed by atoms with E-state index in [1.54, 1.807) is 0 Å². The maximum absolute atomic E-state index is 12.3. The lowest BCUT2D eigenvalue weighted by molar-refractivity contribution is -0.186. The lowest BCUT2D eigenvalue weighted by Gasteiger charge is -2.25. The van der Waals surface area contributed by atoms with Gasteiger partial charge in [0.1, 0.15) is 0 Å². The zero-order chi connectivity index (χ0) is 12.8. The van der Waals surface area contributed by atoms with E-state index in [1.807, 2.05) is 0 Å². The number of nitrogens with zero attached hydrogens (tertiary/aromatic N) is 1. The van der Waals surface area contributed by atoms with Gasteiger partial charge < -0.3 is 10.0 Å². The van der Waals surface area contributed by atoms with Crippen molar-refractivity contribution in [1.82, 2.24) is 4.90 Å². The van der Waals surface area contributed by atoms with Crippen LogP contribution in [0.3, 0.4) is 0 Å². The molecule has 1 heterocycles. The van der Waals surface area contributed by atoms with Crippen LogP contribution in [0, 0.1) is 11.3 Å². The highest BCUT2D eigenvalue weighted by Crippen LogP contribution is 2.57. The summed E-state index contributed by atoms with van der Waals surface area (Å²) in [6.45, 7) is -0.324. The van der Waals surface area contributed by atoms with E-state index < -0.39 is 23.5 Å². The molecule has 96 valence electrons. The number of fused-ring (bicyclic) bond motifs is 1. The van der Waals surface area contributed by atoms with Crippen LogP contribution < -0.4 is 0 Å². The van der Waals surface area contributed by atoms with Crippen molar-refractivity contribution in [3.8, 4) is 0 Å². The molecule has 0 spiro atoms. The fourth-order valence-electron chi connectivity index (χ4n) is 2.58. The lowest BCUT2D eigenvalue weighted by atomic mass is 10.0. The number of carboxylic acid groups (broad SMARTS) is 1. The second-order valence-electron chi connectivity index (χ2n) is 4.73. The molecule has 2 aliphatic rings. The van der Waals surface area contributed by atoms with Crippen LogP contribution in [0.4, 0.5) is 13.2 Å². The normalized spacial score (nSPS) is 32.6. The van der Waals surface area contributed by atoms with E-state index in [0.717, 1.165) is 0 Å². The molecule has 2 atom stereocenters. The largest absolute Gasteiger partial charge is 0.481 e. The third kappa shape index (κ3) is 1.98. The van der Waals surface area contributed by atoms with E-state index in [9.17, 15) is 22.8 Å². The summed E-state index contributed by atoms with van der Waals surface area (Å²) >= 11 is 0. The minimum Gasteiger partial charge on any atom is -0.481 e. The van der Waals surface area contributed by atoms with Crippen LogP contribution in [0.5, 0.6) is 0 Å². The topological polar surface area (TPSA) is 57.6 Å². The standard InChI is InChI=1S/C10H12F3NO3/c11-10(12,13)7(15)14-3-1-2-6-4-9(6,5-14)8(16)17/h6H,1-5H2,(H,16,17). The van der Waals surface area contributed by atoms with E-state index in [-0.39, 0.29) is 19.0 Å². The van der Waals surface area contributed by atoms with Crippen molar-refractivity contribution in [3.63, 3.8) is 0 Å². The monoisotopic (exact) mass is 251 g/mol. The predicted octanol–water partition coefficient (Wildman–Crippen LogP) is 1.26. The Morgan fingerprint density at radius 1 is 1.35 bits per heavy atom. The van der Waals surface area contributed by atoms with Gasteiger partial charge in [0.25, 0.3) is 0 Å². The number of amides is 1. The second kappa shape index (κ2) is 3.61. The molecule has 0 radical (unpaired) electrons. The first-order chi connectivity index (χ1) is 7.77. The Morgan fingerprint density at radius 3 is 2.53 bits per heavy atom. The molecule has 0 aromatic heterocycles. The third-order valence-corrected chi connectivity index (χ3v) is 3.64. The fraction of sp³-hybridized carbons (Fsp3) is 0.800. The number of hydrogen-bond donors (Lipinski definition) is 1. The van der Waals surface area contributed by atoms with Gasteiger partial charge in [-0.1, -0.05) is 0 Å². The molecule has 2 rings (SSSR count). The van der Waals surface area contributed by atoms with Crippen LogP contribution in [0.2, 0.25) is 0 Å². The molecule has 2 fully saturated rings.